The van der Waals surface area contributed by atoms with E-state index in [9.17, 15) is 14.4 Å². The molecule has 132 valence electrons. The van der Waals surface area contributed by atoms with Gasteiger partial charge in [0.2, 0.25) is 0 Å². The van der Waals surface area contributed by atoms with Gasteiger partial charge in [-0.15, -0.1) is 0 Å². The summed E-state index contributed by atoms with van der Waals surface area (Å²) in [5.41, 5.74) is 1.96. The van der Waals surface area contributed by atoms with Crippen LogP contribution in [0, 0.1) is 0 Å². The second-order valence-electron chi connectivity index (χ2n) is 6.64. The van der Waals surface area contributed by atoms with Gasteiger partial charge in [-0.2, -0.15) is 0 Å². The van der Waals surface area contributed by atoms with Crippen LogP contribution in [0.4, 0.5) is 10.5 Å². The molecule has 0 unspecified atom stereocenters. The van der Waals surface area contributed by atoms with Crippen LogP contribution in [0.2, 0.25) is 0 Å². The van der Waals surface area contributed by atoms with E-state index in [1.165, 1.54) is 4.90 Å². The highest BCUT2D eigenvalue weighted by Crippen LogP contribution is 2.30. The van der Waals surface area contributed by atoms with Crippen LogP contribution in [0.3, 0.4) is 0 Å². The van der Waals surface area contributed by atoms with Gasteiger partial charge >= 0.3 is 6.03 Å². The molecule has 1 saturated heterocycles. The molecule has 1 aliphatic carbocycles. The molecule has 2 aromatic rings. The molecule has 0 spiro atoms. The quantitative estimate of drug-likeness (QED) is 0.844. The maximum Gasteiger partial charge on any atom is 0.327 e. The van der Waals surface area contributed by atoms with Gasteiger partial charge in [-0.05, 0) is 42.7 Å². The maximum atomic E-state index is 12.4. The van der Waals surface area contributed by atoms with Gasteiger partial charge in [-0.3, -0.25) is 14.5 Å². The Balaban J connectivity index is 1.46. The van der Waals surface area contributed by atoms with Crippen molar-refractivity contribution in [3.05, 3.63) is 65.7 Å². The lowest BCUT2D eigenvalue weighted by atomic mass is 10.1. The topological polar surface area (TPSA) is 69.7 Å². The van der Waals surface area contributed by atoms with E-state index in [0.717, 1.165) is 18.4 Å². The van der Waals surface area contributed by atoms with E-state index >= 15 is 0 Å². The summed E-state index contributed by atoms with van der Waals surface area (Å²) in [5, 5.41) is 2.83. The highest BCUT2D eigenvalue weighted by Gasteiger charge is 2.43. The van der Waals surface area contributed by atoms with E-state index in [2.05, 4.69) is 5.32 Å². The van der Waals surface area contributed by atoms with Gasteiger partial charge in [0.15, 0.2) is 0 Å². The Morgan fingerprint density at radius 2 is 1.81 bits per heavy atom. The summed E-state index contributed by atoms with van der Waals surface area (Å²) >= 11 is 0. The number of amides is 4. The van der Waals surface area contributed by atoms with E-state index in [1.54, 1.807) is 23.1 Å². The highest BCUT2D eigenvalue weighted by molar-refractivity contribution is 6.04. The van der Waals surface area contributed by atoms with Gasteiger partial charge in [-0.25, -0.2) is 4.79 Å². The van der Waals surface area contributed by atoms with Gasteiger partial charge in [-0.1, -0.05) is 30.3 Å². The number of nitrogens with zero attached hydrogens (tertiary/aromatic N) is 2. The number of hydrogen-bond donors (Lipinski definition) is 1. The Bertz CT molecular complexity index is 862. The van der Waals surface area contributed by atoms with Crippen LogP contribution in [0.5, 0.6) is 0 Å². The van der Waals surface area contributed by atoms with E-state index in [0.29, 0.717) is 11.3 Å². The third kappa shape index (κ3) is 3.31. The molecule has 1 heterocycles. The standard InChI is InChI=1S/C20H19N3O3/c24-18-13-22(17-9-10-17)20(26)23(18)12-14-5-4-6-15(11-14)19(25)21-16-7-2-1-3-8-16/h1-8,11,17H,9-10,12-13H2,(H,21,25). The molecular formula is C20H19N3O3. The summed E-state index contributed by atoms with van der Waals surface area (Å²) < 4.78 is 0. The lowest BCUT2D eigenvalue weighted by Crippen LogP contribution is -2.33. The van der Waals surface area contributed by atoms with Crippen LogP contribution in [-0.4, -0.2) is 40.2 Å². The molecule has 4 amide bonds. The number of carbonyl (C=O) groups excluding carboxylic acids is 3. The minimum Gasteiger partial charge on any atom is -0.322 e. The second kappa shape index (κ2) is 6.63. The Kier molecular flexibility index (Phi) is 4.16. The normalized spacial score (nSPS) is 16.9. The van der Waals surface area contributed by atoms with Crippen LogP contribution < -0.4 is 5.32 Å². The first-order valence-electron chi connectivity index (χ1n) is 8.68. The van der Waals surface area contributed by atoms with Crippen molar-refractivity contribution in [2.24, 2.45) is 0 Å². The predicted molar refractivity (Wildman–Crippen MR) is 96.5 cm³/mol. The van der Waals surface area contributed by atoms with Gasteiger partial charge in [0.25, 0.3) is 11.8 Å². The summed E-state index contributed by atoms with van der Waals surface area (Å²) in [7, 11) is 0. The fourth-order valence-electron chi connectivity index (χ4n) is 3.11. The average molecular weight is 349 g/mol. The van der Waals surface area contributed by atoms with E-state index in [-0.39, 0.29) is 37.0 Å². The number of para-hydroxylation sites is 1. The Morgan fingerprint density at radius 3 is 2.54 bits per heavy atom. The molecule has 1 aliphatic heterocycles. The highest BCUT2D eigenvalue weighted by atomic mass is 16.2. The molecule has 1 saturated carbocycles. The summed E-state index contributed by atoms with van der Waals surface area (Å²) in [6.45, 7) is 0.352. The molecular weight excluding hydrogens is 330 g/mol. The predicted octanol–water partition coefficient (Wildman–Crippen LogP) is 2.87. The molecule has 6 heteroatoms. The summed E-state index contributed by atoms with van der Waals surface area (Å²) in [6.07, 6.45) is 1.95. The zero-order valence-electron chi connectivity index (χ0n) is 14.2. The van der Waals surface area contributed by atoms with Crippen molar-refractivity contribution < 1.29 is 14.4 Å². The number of hydrogen-bond acceptors (Lipinski definition) is 3. The fourth-order valence-corrected chi connectivity index (χ4v) is 3.11. The molecule has 26 heavy (non-hydrogen) atoms. The molecule has 1 N–H and O–H groups in total. The monoisotopic (exact) mass is 349 g/mol. The van der Waals surface area contributed by atoms with Gasteiger partial charge in [0, 0.05) is 17.3 Å². The third-order valence-corrected chi connectivity index (χ3v) is 4.63. The minimum absolute atomic E-state index is 0.164. The van der Waals surface area contributed by atoms with Crippen molar-refractivity contribution in [1.82, 2.24) is 9.80 Å². The number of nitrogens with one attached hydrogen (secondary N) is 1. The fraction of sp³-hybridized carbons (Fsp3) is 0.250. The zero-order valence-corrected chi connectivity index (χ0v) is 14.2. The summed E-state index contributed by atoms with van der Waals surface area (Å²) in [5.74, 6) is -0.405. The Hall–Kier alpha value is -3.15. The number of benzene rings is 2. The molecule has 4 rings (SSSR count). The number of urea groups is 1. The number of anilines is 1. The van der Waals surface area contributed by atoms with Crippen molar-refractivity contribution in [3.8, 4) is 0 Å². The molecule has 0 aromatic heterocycles. The summed E-state index contributed by atoms with van der Waals surface area (Å²) in [4.78, 5) is 39.9. The van der Waals surface area contributed by atoms with Crippen molar-refractivity contribution in [2.75, 3.05) is 11.9 Å². The lowest BCUT2D eigenvalue weighted by Gasteiger charge is -2.17. The van der Waals surface area contributed by atoms with Gasteiger partial charge in [0.05, 0.1) is 6.54 Å². The van der Waals surface area contributed by atoms with Crippen molar-refractivity contribution in [3.63, 3.8) is 0 Å². The van der Waals surface area contributed by atoms with Crippen molar-refractivity contribution >= 4 is 23.5 Å². The molecule has 2 aromatic carbocycles. The van der Waals surface area contributed by atoms with Crippen LogP contribution in [0.1, 0.15) is 28.8 Å². The molecule has 0 radical (unpaired) electrons. The smallest absolute Gasteiger partial charge is 0.322 e. The van der Waals surface area contributed by atoms with E-state index < -0.39 is 0 Å². The first-order chi connectivity index (χ1) is 12.6. The first-order valence-corrected chi connectivity index (χ1v) is 8.68. The van der Waals surface area contributed by atoms with Crippen molar-refractivity contribution in [1.29, 1.82) is 0 Å². The molecule has 2 fully saturated rings. The summed E-state index contributed by atoms with van der Waals surface area (Å²) in [6, 6.07) is 16.2. The molecule has 2 aliphatic rings. The van der Waals surface area contributed by atoms with Crippen LogP contribution in [0.15, 0.2) is 54.6 Å². The maximum absolute atomic E-state index is 12.4. The Labute approximate surface area is 151 Å². The molecule has 0 atom stereocenters. The third-order valence-electron chi connectivity index (χ3n) is 4.63. The lowest BCUT2D eigenvalue weighted by molar-refractivity contribution is -0.125. The zero-order chi connectivity index (χ0) is 18.1. The van der Waals surface area contributed by atoms with Crippen LogP contribution in [-0.2, 0) is 11.3 Å². The molecule has 0 bridgehead atoms. The minimum atomic E-state index is -0.225. The van der Waals surface area contributed by atoms with Gasteiger partial charge < -0.3 is 10.2 Å². The van der Waals surface area contributed by atoms with Gasteiger partial charge in [0.1, 0.15) is 6.54 Å². The van der Waals surface area contributed by atoms with Crippen LogP contribution in [0.25, 0.3) is 0 Å². The van der Waals surface area contributed by atoms with Crippen molar-refractivity contribution in [2.45, 2.75) is 25.4 Å². The van der Waals surface area contributed by atoms with E-state index in [4.69, 9.17) is 0 Å². The first kappa shape index (κ1) is 16.3. The number of imide groups is 1. The number of carbonyl (C=O) groups is 3. The Morgan fingerprint density at radius 1 is 1.04 bits per heavy atom. The van der Waals surface area contributed by atoms with Crippen LogP contribution >= 0.6 is 0 Å². The average Bonchev–Trinajstić information content (AvgIpc) is 3.45. The number of rotatable bonds is 5. The second-order valence-corrected chi connectivity index (χ2v) is 6.64. The SMILES string of the molecule is O=C(Nc1ccccc1)c1cccc(CN2C(=O)CN(C3CC3)C2=O)c1. The largest absolute Gasteiger partial charge is 0.327 e. The van der Waals surface area contributed by atoms with E-state index in [1.807, 2.05) is 36.4 Å². The molecule has 6 nitrogen and oxygen atoms in total.